The van der Waals surface area contributed by atoms with Gasteiger partial charge in [0.15, 0.2) is 0 Å². The standard InChI is InChI=1S/C14H18BrNO2/c1-3-18-13-7-5-4-6-12(13)10(2)16-9-11(15)8-14(16)17/h4-7,10-11H,3,8-9H2,1-2H3. The first kappa shape index (κ1) is 13.4. The van der Waals surface area contributed by atoms with Crippen molar-refractivity contribution in [1.29, 1.82) is 0 Å². The molecule has 1 aromatic carbocycles. The van der Waals surface area contributed by atoms with E-state index in [0.717, 1.165) is 17.9 Å². The molecule has 1 fully saturated rings. The van der Waals surface area contributed by atoms with E-state index in [9.17, 15) is 4.79 Å². The lowest BCUT2D eigenvalue weighted by atomic mass is 10.1. The lowest BCUT2D eigenvalue weighted by molar-refractivity contribution is -0.129. The number of benzene rings is 1. The Balaban J connectivity index is 2.23. The van der Waals surface area contributed by atoms with E-state index in [4.69, 9.17) is 4.74 Å². The summed E-state index contributed by atoms with van der Waals surface area (Å²) >= 11 is 3.52. The fourth-order valence-electron chi connectivity index (χ4n) is 2.34. The molecule has 98 valence electrons. The quantitative estimate of drug-likeness (QED) is 0.799. The normalized spacial score (nSPS) is 21.2. The van der Waals surface area contributed by atoms with E-state index in [1.165, 1.54) is 0 Å². The van der Waals surface area contributed by atoms with Gasteiger partial charge in [-0.15, -0.1) is 0 Å². The van der Waals surface area contributed by atoms with Gasteiger partial charge in [0.1, 0.15) is 5.75 Å². The Labute approximate surface area is 116 Å². The van der Waals surface area contributed by atoms with Crippen LogP contribution in [0.15, 0.2) is 24.3 Å². The van der Waals surface area contributed by atoms with Crippen molar-refractivity contribution in [3.05, 3.63) is 29.8 Å². The molecule has 0 aromatic heterocycles. The number of carbonyl (C=O) groups excluding carboxylic acids is 1. The van der Waals surface area contributed by atoms with Crippen molar-refractivity contribution in [1.82, 2.24) is 4.90 Å². The van der Waals surface area contributed by atoms with E-state index in [2.05, 4.69) is 22.9 Å². The maximum atomic E-state index is 11.9. The van der Waals surface area contributed by atoms with Crippen LogP contribution in [0.4, 0.5) is 0 Å². The maximum absolute atomic E-state index is 11.9. The number of halogens is 1. The van der Waals surface area contributed by atoms with Gasteiger partial charge in [-0.1, -0.05) is 34.1 Å². The van der Waals surface area contributed by atoms with Gasteiger partial charge in [-0.2, -0.15) is 0 Å². The van der Waals surface area contributed by atoms with Crippen LogP contribution in [0.1, 0.15) is 31.9 Å². The van der Waals surface area contributed by atoms with Gasteiger partial charge < -0.3 is 9.64 Å². The van der Waals surface area contributed by atoms with Crippen LogP contribution in [0.3, 0.4) is 0 Å². The van der Waals surface area contributed by atoms with Gasteiger partial charge in [0.25, 0.3) is 0 Å². The summed E-state index contributed by atoms with van der Waals surface area (Å²) in [6, 6.07) is 8.00. The summed E-state index contributed by atoms with van der Waals surface area (Å²) in [6.45, 7) is 5.43. The monoisotopic (exact) mass is 311 g/mol. The van der Waals surface area contributed by atoms with Gasteiger partial charge in [-0.05, 0) is 19.9 Å². The summed E-state index contributed by atoms with van der Waals surface area (Å²) in [5, 5.41) is 0. The molecule has 0 saturated carbocycles. The van der Waals surface area contributed by atoms with Crippen molar-refractivity contribution < 1.29 is 9.53 Å². The Morgan fingerprint density at radius 1 is 1.50 bits per heavy atom. The van der Waals surface area contributed by atoms with Crippen molar-refractivity contribution in [2.45, 2.75) is 31.1 Å². The number of nitrogens with zero attached hydrogens (tertiary/aromatic N) is 1. The number of carbonyl (C=O) groups is 1. The number of alkyl halides is 1. The van der Waals surface area contributed by atoms with Gasteiger partial charge >= 0.3 is 0 Å². The molecule has 2 atom stereocenters. The van der Waals surface area contributed by atoms with Gasteiger partial charge in [0.05, 0.1) is 12.6 Å². The van der Waals surface area contributed by atoms with Crippen LogP contribution < -0.4 is 4.74 Å². The van der Waals surface area contributed by atoms with Crippen molar-refractivity contribution in [3.8, 4) is 5.75 Å². The molecular formula is C14H18BrNO2. The lowest BCUT2D eigenvalue weighted by Crippen LogP contribution is -2.28. The van der Waals surface area contributed by atoms with Crippen LogP contribution in [0.25, 0.3) is 0 Å². The Kier molecular flexibility index (Phi) is 4.27. The first-order chi connectivity index (χ1) is 8.63. The van der Waals surface area contributed by atoms with Crippen LogP contribution in [-0.2, 0) is 4.79 Å². The van der Waals surface area contributed by atoms with E-state index in [-0.39, 0.29) is 16.8 Å². The van der Waals surface area contributed by atoms with Crippen LogP contribution in [0.5, 0.6) is 5.75 Å². The van der Waals surface area contributed by atoms with E-state index in [0.29, 0.717) is 13.0 Å². The fraction of sp³-hybridized carbons (Fsp3) is 0.500. The molecule has 1 saturated heterocycles. The van der Waals surface area contributed by atoms with Crippen LogP contribution >= 0.6 is 15.9 Å². The summed E-state index contributed by atoms with van der Waals surface area (Å²) in [7, 11) is 0. The molecule has 0 bridgehead atoms. The molecule has 3 nitrogen and oxygen atoms in total. The number of hydrogen-bond acceptors (Lipinski definition) is 2. The van der Waals surface area contributed by atoms with Gasteiger partial charge in [-0.25, -0.2) is 0 Å². The zero-order valence-electron chi connectivity index (χ0n) is 10.7. The molecule has 0 radical (unpaired) electrons. The van der Waals surface area contributed by atoms with Gasteiger partial charge in [-0.3, -0.25) is 4.79 Å². The highest BCUT2D eigenvalue weighted by atomic mass is 79.9. The average molecular weight is 312 g/mol. The molecule has 2 unspecified atom stereocenters. The number of hydrogen-bond donors (Lipinski definition) is 0. The Bertz CT molecular complexity index is 436. The molecule has 1 aromatic rings. The average Bonchev–Trinajstić information content (AvgIpc) is 2.69. The van der Waals surface area contributed by atoms with Crippen LogP contribution in [-0.4, -0.2) is 28.8 Å². The third-order valence-electron chi connectivity index (χ3n) is 3.25. The molecule has 1 aliphatic heterocycles. The molecule has 4 heteroatoms. The second kappa shape index (κ2) is 5.74. The molecule has 1 heterocycles. The van der Waals surface area contributed by atoms with E-state index >= 15 is 0 Å². The molecule has 2 rings (SSSR count). The minimum atomic E-state index is 0.0581. The predicted octanol–water partition coefficient (Wildman–Crippen LogP) is 3.14. The topological polar surface area (TPSA) is 29.5 Å². The number of ether oxygens (including phenoxy) is 1. The maximum Gasteiger partial charge on any atom is 0.224 e. The van der Waals surface area contributed by atoms with Gasteiger partial charge in [0.2, 0.25) is 5.91 Å². The van der Waals surface area contributed by atoms with Crippen LogP contribution in [0, 0.1) is 0 Å². The zero-order valence-corrected chi connectivity index (χ0v) is 12.3. The molecule has 1 aliphatic rings. The van der Waals surface area contributed by atoms with Crippen molar-refractivity contribution in [2.24, 2.45) is 0 Å². The second-order valence-electron chi connectivity index (χ2n) is 4.49. The molecule has 0 spiro atoms. The molecule has 0 aliphatic carbocycles. The first-order valence-electron chi connectivity index (χ1n) is 6.28. The van der Waals surface area contributed by atoms with Crippen molar-refractivity contribution >= 4 is 21.8 Å². The highest BCUT2D eigenvalue weighted by Gasteiger charge is 2.32. The molecule has 0 N–H and O–H groups in total. The van der Waals surface area contributed by atoms with Crippen molar-refractivity contribution in [2.75, 3.05) is 13.2 Å². The third-order valence-corrected chi connectivity index (χ3v) is 3.86. The van der Waals surface area contributed by atoms with E-state index in [1.54, 1.807) is 0 Å². The molecule has 18 heavy (non-hydrogen) atoms. The van der Waals surface area contributed by atoms with Gasteiger partial charge in [0, 0.05) is 23.4 Å². The van der Waals surface area contributed by atoms with Crippen LogP contribution in [0.2, 0.25) is 0 Å². The third kappa shape index (κ3) is 2.69. The molecule has 1 amide bonds. The zero-order chi connectivity index (χ0) is 13.1. The number of rotatable bonds is 4. The summed E-state index contributed by atoms with van der Waals surface area (Å²) in [6.07, 6.45) is 0.584. The summed E-state index contributed by atoms with van der Waals surface area (Å²) < 4.78 is 5.63. The smallest absolute Gasteiger partial charge is 0.224 e. The summed E-state index contributed by atoms with van der Waals surface area (Å²) in [5.41, 5.74) is 1.08. The number of amides is 1. The Morgan fingerprint density at radius 2 is 2.22 bits per heavy atom. The minimum Gasteiger partial charge on any atom is -0.494 e. The lowest BCUT2D eigenvalue weighted by Gasteiger charge is -2.26. The Morgan fingerprint density at radius 3 is 2.83 bits per heavy atom. The largest absolute Gasteiger partial charge is 0.494 e. The van der Waals surface area contributed by atoms with E-state index in [1.807, 2.05) is 36.1 Å². The first-order valence-corrected chi connectivity index (χ1v) is 7.20. The minimum absolute atomic E-state index is 0.0581. The predicted molar refractivity (Wildman–Crippen MR) is 75.1 cm³/mol. The Hall–Kier alpha value is -1.03. The number of likely N-dealkylation sites (tertiary alicyclic amines) is 1. The summed E-state index contributed by atoms with van der Waals surface area (Å²) in [5.74, 6) is 1.08. The second-order valence-corrected chi connectivity index (χ2v) is 5.79. The summed E-state index contributed by atoms with van der Waals surface area (Å²) in [4.78, 5) is 14.1. The number of para-hydroxylation sites is 1. The molecular weight excluding hydrogens is 294 g/mol. The van der Waals surface area contributed by atoms with Crippen molar-refractivity contribution in [3.63, 3.8) is 0 Å². The fourth-order valence-corrected chi connectivity index (χ4v) is 2.93. The highest BCUT2D eigenvalue weighted by molar-refractivity contribution is 9.09. The SMILES string of the molecule is CCOc1ccccc1C(C)N1CC(Br)CC1=O. The highest BCUT2D eigenvalue weighted by Crippen LogP contribution is 2.33. The van der Waals surface area contributed by atoms with E-state index < -0.39 is 0 Å².